The van der Waals surface area contributed by atoms with Crippen LogP contribution in [0.25, 0.3) is 0 Å². The molecule has 0 saturated heterocycles. The van der Waals surface area contributed by atoms with Crippen molar-refractivity contribution in [2.24, 2.45) is 0 Å². The van der Waals surface area contributed by atoms with E-state index in [1.54, 1.807) is 12.1 Å². The van der Waals surface area contributed by atoms with Crippen molar-refractivity contribution < 1.29 is 19.4 Å². The predicted molar refractivity (Wildman–Crippen MR) is 75.1 cm³/mol. The van der Waals surface area contributed by atoms with Gasteiger partial charge in [-0.05, 0) is 18.1 Å². The average molecular weight is 283 g/mol. The number of methoxy groups -OCH3 is 1. The number of carbonyl (C=O) groups excluding carboxylic acids is 1. The molecule has 0 aliphatic heterocycles. The third-order valence-corrected chi connectivity index (χ3v) is 3.08. The summed E-state index contributed by atoms with van der Waals surface area (Å²) in [5.74, 6) is -1.09. The van der Waals surface area contributed by atoms with Crippen molar-refractivity contribution in [2.75, 3.05) is 12.9 Å². The number of carbonyl (C=O) groups is 2. The lowest BCUT2D eigenvalue weighted by atomic mass is 10.1. The Morgan fingerprint density at radius 2 is 2.16 bits per heavy atom. The number of carboxylic acids is 1. The fourth-order valence-electron chi connectivity index (χ4n) is 1.70. The van der Waals surface area contributed by atoms with Crippen LogP contribution >= 0.6 is 12.6 Å². The monoisotopic (exact) mass is 283 g/mol. The third kappa shape index (κ3) is 3.64. The fourth-order valence-corrected chi connectivity index (χ4v) is 1.95. The molecule has 0 aliphatic rings. The number of hydrogen-bond acceptors (Lipinski definition) is 4. The molecule has 0 fully saturated rings. The molecule has 19 heavy (non-hydrogen) atoms. The fraction of sp³-hybridized carbons (Fsp3) is 0.385. The lowest BCUT2D eigenvalue weighted by Gasteiger charge is -2.15. The van der Waals surface area contributed by atoms with Crippen LogP contribution in [-0.4, -0.2) is 35.9 Å². The van der Waals surface area contributed by atoms with Gasteiger partial charge in [0.15, 0.2) is 0 Å². The van der Waals surface area contributed by atoms with Gasteiger partial charge in [-0.15, -0.1) is 0 Å². The van der Waals surface area contributed by atoms with Crippen LogP contribution in [0.2, 0.25) is 0 Å². The van der Waals surface area contributed by atoms with Crippen LogP contribution in [0.5, 0.6) is 5.75 Å². The van der Waals surface area contributed by atoms with E-state index in [9.17, 15) is 9.59 Å². The maximum atomic E-state index is 12.1. The summed E-state index contributed by atoms with van der Waals surface area (Å²) in [5.41, 5.74) is 1.22. The Balaban J connectivity index is 3.02. The third-order valence-electron chi connectivity index (χ3n) is 2.71. The number of rotatable bonds is 6. The van der Waals surface area contributed by atoms with E-state index in [1.807, 2.05) is 13.0 Å². The summed E-state index contributed by atoms with van der Waals surface area (Å²) in [4.78, 5) is 23.0. The van der Waals surface area contributed by atoms with Crippen LogP contribution < -0.4 is 10.1 Å². The summed E-state index contributed by atoms with van der Waals surface area (Å²) in [6.45, 7) is 1.95. The molecule has 0 aromatic heterocycles. The summed E-state index contributed by atoms with van der Waals surface area (Å²) in [6.07, 6.45) is 0.721. The molecule has 5 nitrogen and oxygen atoms in total. The molecule has 0 spiro atoms. The Morgan fingerprint density at radius 3 is 2.63 bits per heavy atom. The van der Waals surface area contributed by atoms with Gasteiger partial charge in [0.25, 0.3) is 5.91 Å². The first-order valence-electron chi connectivity index (χ1n) is 5.85. The molecule has 1 atom stereocenters. The second kappa shape index (κ2) is 7.04. The van der Waals surface area contributed by atoms with Gasteiger partial charge in [0, 0.05) is 5.75 Å². The largest absolute Gasteiger partial charge is 0.496 e. The minimum atomic E-state index is -1.12. The van der Waals surface area contributed by atoms with Gasteiger partial charge in [0.05, 0.1) is 12.7 Å². The van der Waals surface area contributed by atoms with Gasteiger partial charge in [0.2, 0.25) is 0 Å². The van der Waals surface area contributed by atoms with Crippen molar-refractivity contribution in [3.63, 3.8) is 0 Å². The number of thiol groups is 1. The number of aliphatic carboxylic acids is 1. The van der Waals surface area contributed by atoms with Gasteiger partial charge < -0.3 is 15.2 Å². The van der Waals surface area contributed by atoms with Crippen LogP contribution in [0.3, 0.4) is 0 Å². The van der Waals surface area contributed by atoms with Crippen LogP contribution in [0.4, 0.5) is 0 Å². The maximum Gasteiger partial charge on any atom is 0.327 e. The minimum absolute atomic E-state index is 0.0247. The highest BCUT2D eigenvalue weighted by molar-refractivity contribution is 7.80. The maximum absolute atomic E-state index is 12.1. The average Bonchev–Trinajstić information content (AvgIpc) is 2.42. The molecule has 0 aliphatic carbocycles. The second-order valence-electron chi connectivity index (χ2n) is 3.90. The van der Waals surface area contributed by atoms with Crippen LogP contribution in [0.15, 0.2) is 18.2 Å². The Kier molecular flexibility index (Phi) is 5.69. The first-order valence-corrected chi connectivity index (χ1v) is 6.48. The van der Waals surface area contributed by atoms with Gasteiger partial charge >= 0.3 is 5.97 Å². The first-order chi connectivity index (χ1) is 9.04. The Morgan fingerprint density at radius 1 is 1.47 bits per heavy atom. The molecule has 1 aromatic carbocycles. The van der Waals surface area contributed by atoms with Gasteiger partial charge in [-0.3, -0.25) is 4.79 Å². The molecule has 6 heteroatoms. The molecule has 0 unspecified atom stereocenters. The lowest BCUT2D eigenvalue weighted by Crippen LogP contribution is -2.42. The topological polar surface area (TPSA) is 75.6 Å². The van der Waals surface area contributed by atoms with E-state index < -0.39 is 17.9 Å². The number of nitrogens with one attached hydrogen (secondary N) is 1. The SMILES string of the molecule is CCc1cccc(C(=O)N[C@H](CS)C(=O)O)c1OC. The van der Waals surface area contributed by atoms with Gasteiger partial charge in [-0.25, -0.2) is 4.79 Å². The molecule has 0 heterocycles. The number of amides is 1. The number of aryl methyl sites for hydroxylation is 1. The molecular weight excluding hydrogens is 266 g/mol. The van der Waals surface area contributed by atoms with Crippen molar-refractivity contribution in [3.8, 4) is 5.75 Å². The standard InChI is InChI=1S/C13H17NO4S/c1-3-8-5-4-6-9(11(8)18-2)12(15)14-10(7-19)13(16)17/h4-6,10,19H,3,7H2,1-2H3,(H,14,15)(H,16,17)/t10-/m1/s1. The van der Waals surface area contributed by atoms with Gasteiger partial charge in [-0.2, -0.15) is 12.6 Å². The van der Waals surface area contributed by atoms with Gasteiger partial charge in [0.1, 0.15) is 11.8 Å². The summed E-state index contributed by atoms with van der Waals surface area (Å²) in [5, 5.41) is 11.3. The molecule has 0 radical (unpaired) electrons. The van der Waals surface area contributed by atoms with Crippen molar-refractivity contribution in [1.29, 1.82) is 0 Å². The van der Waals surface area contributed by atoms with E-state index in [0.29, 0.717) is 11.3 Å². The molecule has 1 rings (SSSR count). The smallest absolute Gasteiger partial charge is 0.327 e. The van der Waals surface area contributed by atoms with E-state index in [-0.39, 0.29) is 5.75 Å². The van der Waals surface area contributed by atoms with Crippen molar-refractivity contribution in [3.05, 3.63) is 29.3 Å². The zero-order valence-electron chi connectivity index (χ0n) is 10.8. The molecule has 0 saturated carbocycles. The molecule has 104 valence electrons. The normalized spacial score (nSPS) is 11.7. The highest BCUT2D eigenvalue weighted by Gasteiger charge is 2.21. The van der Waals surface area contributed by atoms with Crippen LogP contribution in [-0.2, 0) is 11.2 Å². The summed E-state index contributed by atoms with van der Waals surface area (Å²) in [6, 6.07) is 4.19. The quantitative estimate of drug-likeness (QED) is 0.689. The van der Waals surface area contributed by atoms with Gasteiger partial charge in [-0.1, -0.05) is 19.1 Å². The zero-order chi connectivity index (χ0) is 14.4. The summed E-state index contributed by atoms with van der Waals surface area (Å²) >= 11 is 3.90. The number of benzene rings is 1. The van der Waals surface area contributed by atoms with E-state index in [0.717, 1.165) is 12.0 Å². The molecule has 0 bridgehead atoms. The van der Waals surface area contributed by atoms with Crippen LogP contribution in [0, 0.1) is 0 Å². The lowest BCUT2D eigenvalue weighted by molar-refractivity contribution is -0.138. The molecular formula is C13H17NO4S. The van der Waals surface area contributed by atoms with Crippen LogP contribution in [0.1, 0.15) is 22.8 Å². The molecule has 2 N–H and O–H groups in total. The van der Waals surface area contributed by atoms with Crippen molar-refractivity contribution in [1.82, 2.24) is 5.32 Å². The Bertz CT molecular complexity index is 476. The highest BCUT2D eigenvalue weighted by atomic mass is 32.1. The minimum Gasteiger partial charge on any atom is -0.496 e. The Labute approximate surface area is 117 Å². The zero-order valence-corrected chi connectivity index (χ0v) is 11.7. The predicted octanol–water partition coefficient (Wildman–Crippen LogP) is 1.37. The van der Waals surface area contributed by atoms with E-state index in [2.05, 4.69) is 17.9 Å². The number of para-hydroxylation sites is 1. The number of carboxylic acid groups (broad SMARTS) is 1. The summed E-state index contributed by atoms with van der Waals surface area (Å²) < 4.78 is 5.24. The summed E-state index contributed by atoms with van der Waals surface area (Å²) in [7, 11) is 1.48. The number of hydrogen-bond donors (Lipinski definition) is 3. The Hall–Kier alpha value is -1.69. The molecule has 1 amide bonds. The van der Waals surface area contributed by atoms with E-state index in [4.69, 9.17) is 9.84 Å². The van der Waals surface area contributed by atoms with E-state index >= 15 is 0 Å². The van der Waals surface area contributed by atoms with Crippen molar-refractivity contribution >= 4 is 24.5 Å². The highest BCUT2D eigenvalue weighted by Crippen LogP contribution is 2.24. The second-order valence-corrected chi connectivity index (χ2v) is 4.26. The number of ether oxygens (including phenoxy) is 1. The van der Waals surface area contributed by atoms with E-state index in [1.165, 1.54) is 7.11 Å². The first kappa shape index (κ1) is 15.4. The van der Waals surface area contributed by atoms with Crippen molar-refractivity contribution in [2.45, 2.75) is 19.4 Å². The molecule has 1 aromatic rings.